The Hall–Kier alpha value is -4.61. The molecule has 4 heterocycles. The molecule has 0 amide bonds. The van der Waals surface area contributed by atoms with Crippen LogP contribution in [0.3, 0.4) is 0 Å². The maximum absolute atomic E-state index is 14.9. The van der Waals surface area contributed by atoms with Crippen molar-refractivity contribution >= 4 is 48.8 Å². The number of anilines is 2. The van der Waals surface area contributed by atoms with Crippen molar-refractivity contribution in [2.24, 2.45) is 0 Å². The molecule has 0 aliphatic heterocycles. The summed E-state index contributed by atoms with van der Waals surface area (Å²) < 4.78 is 16.9. The van der Waals surface area contributed by atoms with Gasteiger partial charge in [-0.3, -0.25) is 9.20 Å². The first kappa shape index (κ1) is 20.0. The lowest BCUT2D eigenvalue weighted by atomic mass is 10.1. The average Bonchev–Trinajstić information content (AvgIpc) is 3.21. The second-order valence-corrected chi connectivity index (χ2v) is 8.62. The van der Waals surface area contributed by atoms with Gasteiger partial charge in [-0.25, -0.2) is 14.4 Å². The van der Waals surface area contributed by atoms with E-state index in [0.29, 0.717) is 31.9 Å². The van der Waals surface area contributed by atoms with Crippen LogP contribution in [0, 0.1) is 17.1 Å². The lowest BCUT2D eigenvalue weighted by molar-refractivity contribution is 0.631. The van der Waals surface area contributed by atoms with Crippen LogP contribution in [0.5, 0.6) is 0 Å². The van der Waals surface area contributed by atoms with E-state index in [1.54, 1.807) is 42.6 Å². The Balaban J connectivity index is 1.77. The number of nitriles is 1. The summed E-state index contributed by atoms with van der Waals surface area (Å²) in [5, 5.41) is 14.1. The molecule has 0 bridgehead atoms. The number of halogens is 1. The number of para-hydroxylation sites is 1. The van der Waals surface area contributed by atoms with Crippen molar-refractivity contribution in [3.63, 3.8) is 0 Å². The zero-order chi connectivity index (χ0) is 23.2. The van der Waals surface area contributed by atoms with Gasteiger partial charge >= 0.3 is 0 Å². The van der Waals surface area contributed by atoms with Gasteiger partial charge in [-0.1, -0.05) is 36.4 Å². The zero-order valence-electron chi connectivity index (χ0n) is 17.5. The molecule has 34 heavy (non-hydrogen) atoms. The van der Waals surface area contributed by atoms with Gasteiger partial charge in [0.15, 0.2) is 0 Å². The van der Waals surface area contributed by atoms with E-state index in [2.05, 4.69) is 16.4 Å². The lowest BCUT2D eigenvalue weighted by Gasteiger charge is -2.09. The van der Waals surface area contributed by atoms with Crippen molar-refractivity contribution in [1.82, 2.24) is 14.4 Å². The van der Waals surface area contributed by atoms with Crippen LogP contribution >= 0.6 is 11.3 Å². The molecule has 4 aromatic heterocycles. The fraction of sp³-hybridized carbons (Fsp3) is 0. The largest absolute Gasteiger partial charge is 0.346 e. The third-order valence-corrected chi connectivity index (χ3v) is 6.67. The summed E-state index contributed by atoms with van der Waals surface area (Å²) in [4.78, 5) is 23.0. The van der Waals surface area contributed by atoms with E-state index in [1.807, 2.05) is 30.3 Å². The van der Waals surface area contributed by atoms with Crippen molar-refractivity contribution in [3.8, 4) is 17.3 Å². The molecule has 0 saturated heterocycles. The van der Waals surface area contributed by atoms with Gasteiger partial charge in [0.2, 0.25) is 0 Å². The molecule has 0 fully saturated rings. The van der Waals surface area contributed by atoms with Gasteiger partial charge in [0.05, 0.1) is 21.3 Å². The van der Waals surface area contributed by atoms with Crippen molar-refractivity contribution in [1.29, 1.82) is 5.26 Å². The summed E-state index contributed by atoms with van der Waals surface area (Å²) >= 11 is 1.30. The lowest BCUT2D eigenvalue weighted by Crippen LogP contribution is -2.16. The minimum absolute atomic E-state index is 0.164. The Morgan fingerprint density at radius 2 is 1.71 bits per heavy atom. The van der Waals surface area contributed by atoms with Crippen molar-refractivity contribution in [2.75, 3.05) is 5.32 Å². The molecular weight excluding hydrogens is 449 g/mol. The minimum atomic E-state index is -0.510. The van der Waals surface area contributed by atoms with Gasteiger partial charge in [-0.15, -0.1) is 11.3 Å². The summed E-state index contributed by atoms with van der Waals surface area (Å²) in [6, 6.07) is 23.1. The standard InChI is InChI=1S/C26H14FN5OS/c27-18-11-5-4-10-16(18)21-20-23(30-19-12-6-7-13-32(19)26(20)33)24-22(31-21)17(14-28)25(34-24)29-15-8-2-1-3-9-15/h1-13,29H. The molecule has 0 aliphatic carbocycles. The van der Waals surface area contributed by atoms with Crippen molar-refractivity contribution < 1.29 is 4.39 Å². The molecule has 0 spiro atoms. The highest BCUT2D eigenvalue weighted by molar-refractivity contribution is 7.24. The van der Waals surface area contributed by atoms with E-state index in [9.17, 15) is 14.4 Å². The van der Waals surface area contributed by atoms with Crippen LogP contribution in [-0.2, 0) is 0 Å². The minimum Gasteiger partial charge on any atom is -0.346 e. The first-order valence-corrected chi connectivity index (χ1v) is 11.2. The van der Waals surface area contributed by atoms with E-state index in [4.69, 9.17) is 4.98 Å². The smallest absolute Gasteiger partial charge is 0.268 e. The Morgan fingerprint density at radius 1 is 0.941 bits per heavy atom. The quantitative estimate of drug-likeness (QED) is 0.332. The van der Waals surface area contributed by atoms with Gasteiger partial charge in [0.1, 0.15) is 33.6 Å². The van der Waals surface area contributed by atoms with Crippen LogP contribution in [0.15, 0.2) is 83.8 Å². The molecule has 0 aliphatic rings. The van der Waals surface area contributed by atoms with Gasteiger partial charge in [-0.2, -0.15) is 5.26 Å². The predicted molar refractivity (Wildman–Crippen MR) is 132 cm³/mol. The Labute approximate surface area is 196 Å². The molecule has 8 heteroatoms. The zero-order valence-corrected chi connectivity index (χ0v) is 18.3. The number of benzene rings is 2. The third-order valence-electron chi connectivity index (χ3n) is 5.57. The topological polar surface area (TPSA) is 83.1 Å². The molecule has 2 aromatic carbocycles. The average molecular weight is 463 g/mol. The van der Waals surface area contributed by atoms with Gasteiger partial charge < -0.3 is 5.32 Å². The molecule has 0 atom stereocenters. The van der Waals surface area contributed by atoms with E-state index >= 15 is 0 Å². The Kier molecular flexibility index (Phi) is 4.57. The molecule has 0 saturated carbocycles. The monoisotopic (exact) mass is 463 g/mol. The molecule has 0 unspecified atom stereocenters. The van der Waals surface area contributed by atoms with Crippen molar-refractivity contribution in [2.45, 2.75) is 0 Å². The summed E-state index contributed by atoms with van der Waals surface area (Å²) in [5.74, 6) is -0.510. The van der Waals surface area contributed by atoms with E-state index in [-0.39, 0.29) is 22.2 Å². The second kappa shape index (κ2) is 7.76. The summed E-state index contributed by atoms with van der Waals surface area (Å²) in [7, 11) is 0. The van der Waals surface area contributed by atoms with Crippen LogP contribution < -0.4 is 10.9 Å². The number of pyridine rings is 2. The summed E-state index contributed by atoms with van der Waals surface area (Å²) in [5.41, 5.74) is 2.34. The van der Waals surface area contributed by atoms with Crippen LogP contribution in [0.1, 0.15) is 5.56 Å². The normalized spacial score (nSPS) is 11.2. The van der Waals surface area contributed by atoms with Gasteiger partial charge in [0.25, 0.3) is 5.56 Å². The number of nitrogens with zero attached hydrogens (tertiary/aromatic N) is 4. The number of rotatable bonds is 3. The molecular formula is C26H14FN5OS. The molecule has 1 N–H and O–H groups in total. The molecule has 6 aromatic rings. The first-order valence-electron chi connectivity index (χ1n) is 10.4. The molecule has 6 rings (SSSR count). The van der Waals surface area contributed by atoms with Gasteiger partial charge in [-0.05, 0) is 36.4 Å². The molecule has 0 radical (unpaired) electrons. The Morgan fingerprint density at radius 3 is 2.50 bits per heavy atom. The Bertz CT molecular complexity index is 1840. The predicted octanol–water partition coefficient (Wildman–Crippen LogP) is 5.88. The highest BCUT2D eigenvalue weighted by Gasteiger charge is 2.23. The van der Waals surface area contributed by atoms with Crippen molar-refractivity contribution in [3.05, 3.63) is 101 Å². The number of aromatic nitrogens is 3. The number of fused-ring (bicyclic) bond motifs is 4. The fourth-order valence-corrected chi connectivity index (χ4v) is 5.12. The van der Waals surface area contributed by atoms with Crippen LogP contribution in [0.4, 0.5) is 15.1 Å². The number of nitrogens with one attached hydrogen (secondary N) is 1. The maximum atomic E-state index is 14.9. The number of hydrogen-bond donors (Lipinski definition) is 1. The summed E-state index contributed by atoms with van der Waals surface area (Å²) in [6.45, 7) is 0. The highest BCUT2D eigenvalue weighted by Crippen LogP contribution is 2.41. The third kappa shape index (κ3) is 3.03. The highest BCUT2D eigenvalue weighted by atomic mass is 32.1. The van der Waals surface area contributed by atoms with E-state index in [1.165, 1.54) is 21.8 Å². The van der Waals surface area contributed by atoms with Crippen LogP contribution in [0.2, 0.25) is 0 Å². The summed E-state index contributed by atoms with van der Waals surface area (Å²) in [6.07, 6.45) is 1.62. The molecule has 162 valence electrons. The first-order chi connectivity index (χ1) is 16.7. The van der Waals surface area contributed by atoms with Crippen LogP contribution in [0.25, 0.3) is 38.0 Å². The van der Waals surface area contributed by atoms with Crippen LogP contribution in [-0.4, -0.2) is 14.4 Å². The van der Waals surface area contributed by atoms with E-state index < -0.39 is 5.82 Å². The maximum Gasteiger partial charge on any atom is 0.268 e. The second-order valence-electron chi connectivity index (χ2n) is 7.60. The SMILES string of the molecule is N#Cc1c(Nc2ccccc2)sc2c1nc(-c1ccccc1F)c1c(=O)n3ccccc3nc12. The number of thiophene rings is 1. The van der Waals surface area contributed by atoms with Gasteiger partial charge in [0, 0.05) is 17.4 Å². The molecule has 6 nitrogen and oxygen atoms in total. The van der Waals surface area contributed by atoms with E-state index in [0.717, 1.165) is 5.69 Å². The fourth-order valence-electron chi connectivity index (χ4n) is 4.02. The number of hydrogen-bond acceptors (Lipinski definition) is 6.